The normalized spacial score (nSPS) is 28.0. The predicted molar refractivity (Wildman–Crippen MR) is 77.8 cm³/mol. The van der Waals surface area contributed by atoms with E-state index in [2.05, 4.69) is 10.2 Å². The van der Waals surface area contributed by atoms with Crippen LogP contribution in [0.2, 0.25) is 0 Å². The molecule has 0 spiro atoms. The first-order chi connectivity index (χ1) is 9.74. The van der Waals surface area contributed by atoms with E-state index in [0.29, 0.717) is 18.5 Å². The van der Waals surface area contributed by atoms with E-state index in [-0.39, 0.29) is 0 Å². The smallest absolute Gasteiger partial charge is 0.312 e. The lowest BCUT2D eigenvalue weighted by Gasteiger charge is -2.24. The van der Waals surface area contributed by atoms with Crippen molar-refractivity contribution in [2.45, 2.75) is 24.8 Å². The van der Waals surface area contributed by atoms with Crippen LogP contribution in [0.5, 0.6) is 0 Å². The third-order valence-electron chi connectivity index (χ3n) is 4.62. The van der Waals surface area contributed by atoms with Gasteiger partial charge in [0.15, 0.2) is 0 Å². The van der Waals surface area contributed by atoms with Gasteiger partial charge in [-0.25, -0.2) is 0 Å². The molecule has 20 heavy (non-hydrogen) atoms. The number of carboxylic acid groups (broad SMARTS) is 1. The molecule has 2 saturated heterocycles. The molecule has 2 fully saturated rings. The van der Waals surface area contributed by atoms with Crippen LogP contribution in [0.15, 0.2) is 30.3 Å². The van der Waals surface area contributed by atoms with Crippen LogP contribution in [0.4, 0.5) is 0 Å². The highest BCUT2D eigenvalue weighted by molar-refractivity contribution is 5.76. The molecule has 1 aromatic carbocycles. The molecule has 2 aliphatic rings. The fourth-order valence-electron chi connectivity index (χ4n) is 3.55. The first kappa shape index (κ1) is 13.6. The maximum atomic E-state index is 11.6. The molecule has 108 valence electrons. The number of carboxylic acids is 1. The lowest BCUT2D eigenvalue weighted by molar-refractivity contribution is -0.139. The van der Waals surface area contributed by atoms with E-state index in [9.17, 15) is 9.90 Å². The summed E-state index contributed by atoms with van der Waals surface area (Å²) in [5, 5.41) is 13.1. The fourth-order valence-corrected chi connectivity index (χ4v) is 3.55. The average molecular weight is 274 g/mol. The van der Waals surface area contributed by atoms with Crippen molar-refractivity contribution in [3.8, 4) is 0 Å². The largest absolute Gasteiger partial charge is 0.481 e. The molecule has 0 aromatic heterocycles. The van der Waals surface area contributed by atoms with Crippen LogP contribution in [-0.4, -0.2) is 48.2 Å². The second-order valence-corrected chi connectivity index (χ2v) is 5.98. The van der Waals surface area contributed by atoms with Crippen LogP contribution in [0.1, 0.15) is 24.3 Å². The van der Waals surface area contributed by atoms with E-state index in [1.54, 1.807) is 0 Å². The summed E-state index contributed by atoms with van der Waals surface area (Å²) in [6, 6.07) is 10.2. The van der Waals surface area contributed by atoms with E-state index >= 15 is 0 Å². The Hall–Kier alpha value is -1.39. The molecule has 2 N–H and O–H groups in total. The van der Waals surface area contributed by atoms with E-state index < -0.39 is 11.9 Å². The van der Waals surface area contributed by atoms with Crippen molar-refractivity contribution in [2.24, 2.45) is 5.92 Å². The molecule has 1 unspecified atom stereocenters. The zero-order chi connectivity index (χ0) is 13.9. The van der Waals surface area contributed by atoms with Crippen molar-refractivity contribution in [1.29, 1.82) is 0 Å². The summed E-state index contributed by atoms with van der Waals surface area (Å²) in [6.45, 7) is 3.75. The van der Waals surface area contributed by atoms with Gasteiger partial charge in [-0.3, -0.25) is 4.79 Å². The number of carbonyl (C=O) groups is 1. The Morgan fingerprint density at radius 3 is 2.85 bits per heavy atom. The summed E-state index contributed by atoms with van der Waals surface area (Å²) in [4.78, 5) is 13.9. The molecular weight excluding hydrogens is 252 g/mol. The second kappa shape index (κ2) is 5.94. The number of aliphatic carboxylic acids is 1. The van der Waals surface area contributed by atoms with Gasteiger partial charge in [-0.1, -0.05) is 30.3 Å². The highest BCUT2D eigenvalue weighted by atomic mass is 16.4. The van der Waals surface area contributed by atoms with Gasteiger partial charge in [0.1, 0.15) is 0 Å². The first-order valence-electron chi connectivity index (χ1n) is 7.47. The maximum Gasteiger partial charge on any atom is 0.312 e. The topological polar surface area (TPSA) is 52.6 Å². The van der Waals surface area contributed by atoms with E-state index in [1.165, 1.54) is 12.8 Å². The van der Waals surface area contributed by atoms with Gasteiger partial charge < -0.3 is 15.3 Å². The zero-order valence-corrected chi connectivity index (χ0v) is 11.7. The zero-order valence-electron chi connectivity index (χ0n) is 11.7. The van der Waals surface area contributed by atoms with E-state index in [0.717, 1.165) is 25.2 Å². The highest BCUT2D eigenvalue weighted by Crippen LogP contribution is 2.27. The maximum absolute atomic E-state index is 11.6. The Labute approximate surface area is 119 Å². The molecule has 3 atom stereocenters. The number of hydrogen-bond acceptors (Lipinski definition) is 3. The van der Waals surface area contributed by atoms with Gasteiger partial charge in [0.25, 0.3) is 0 Å². The monoisotopic (exact) mass is 274 g/mol. The molecule has 0 radical (unpaired) electrons. The van der Waals surface area contributed by atoms with Gasteiger partial charge in [0, 0.05) is 25.7 Å². The van der Waals surface area contributed by atoms with Gasteiger partial charge in [-0.05, 0) is 30.9 Å². The van der Waals surface area contributed by atoms with Crippen molar-refractivity contribution in [2.75, 3.05) is 26.2 Å². The summed E-state index contributed by atoms with van der Waals surface area (Å²) in [5.41, 5.74) is 0.905. The number of benzene rings is 1. The van der Waals surface area contributed by atoms with Crippen LogP contribution in [0.25, 0.3) is 0 Å². The fraction of sp³-hybridized carbons (Fsp3) is 0.562. The molecule has 2 heterocycles. The molecule has 0 aliphatic carbocycles. The number of rotatable bonds is 4. The Morgan fingerprint density at radius 1 is 1.35 bits per heavy atom. The van der Waals surface area contributed by atoms with Crippen molar-refractivity contribution < 1.29 is 9.90 Å². The number of hydrogen-bond donors (Lipinski definition) is 2. The Kier molecular flexibility index (Phi) is 4.03. The summed E-state index contributed by atoms with van der Waals surface area (Å²) >= 11 is 0. The SMILES string of the molecule is O=C(O)C(CN1C[C@@H]2CCCN[C@@H]2C1)c1ccccc1. The summed E-state index contributed by atoms with van der Waals surface area (Å²) < 4.78 is 0. The van der Waals surface area contributed by atoms with Gasteiger partial charge in [0.2, 0.25) is 0 Å². The van der Waals surface area contributed by atoms with Gasteiger partial charge in [-0.15, -0.1) is 0 Å². The number of nitrogens with one attached hydrogen (secondary N) is 1. The van der Waals surface area contributed by atoms with E-state index in [1.807, 2.05) is 30.3 Å². The Morgan fingerprint density at radius 2 is 2.15 bits per heavy atom. The number of fused-ring (bicyclic) bond motifs is 1. The molecule has 0 bridgehead atoms. The van der Waals surface area contributed by atoms with Crippen molar-refractivity contribution in [3.05, 3.63) is 35.9 Å². The van der Waals surface area contributed by atoms with Crippen LogP contribution in [-0.2, 0) is 4.79 Å². The molecule has 4 heteroatoms. The molecule has 3 rings (SSSR count). The lowest BCUT2D eigenvalue weighted by atomic mass is 9.94. The first-order valence-corrected chi connectivity index (χ1v) is 7.47. The van der Waals surface area contributed by atoms with Crippen LogP contribution >= 0.6 is 0 Å². The Bertz CT molecular complexity index is 449. The number of nitrogens with zero attached hydrogens (tertiary/aromatic N) is 1. The average Bonchev–Trinajstić information content (AvgIpc) is 2.88. The quantitative estimate of drug-likeness (QED) is 0.874. The third-order valence-corrected chi connectivity index (χ3v) is 4.62. The third kappa shape index (κ3) is 2.86. The molecule has 1 aromatic rings. The lowest BCUT2D eigenvalue weighted by Crippen LogP contribution is -2.41. The predicted octanol–water partition coefficient (Wildman–Crippen LogP) is 1.54. The molecule has 4 nitrogen and oxygen atoms in total. The van der Waals surface area contributed by atoms with Gasteiger partial charge in [-0.2, -0.15) is 0 Å². The summed E-state index contributed by atoms with van der Waals surface area (Å²) in [6.07, 6.45) is 2.52. The molecule has 2 aliphatic heterocycles. The minimum Gasteiger partial charge on any atom is -0.481 e. The summed E-state index contributed by atoms with van der Waals surface area (Å²) in [7, 11) is 0. The molecule has 0 saturated carbocycles. The van der Waals surface area contributed by atoms with Crippen molar-refractivity contribution >= 4 is 5.97 Å². The Balaban J connectivity index is 1.67. The van der Waals surface area contributed by atoms with E-state index in [4.69, 9.17) is 0 Å². The second-order valence-electron chi connectivity index (χ2n) is 5.98. The van der Waals surface area contributed by atoms with Gasteiger partial charge in [0.05, 0.1) is 5.92 Å². The van der Waals surface area contributed by atoms with Crippen molar-refractivity contribution in [3.63, 3.8) is 0 Å². The van der Waals surface area contributed by atoms with Crippen LogP contribution in [0.3, 0.4) is 0 Å². The van der Waals surface area contributed by atoms with Gasteiger partial charge >= 0.3 is 5.97 Å². The molecular formula is C16H22N2O2. The highest BCUT2D eigenvalue weighted by Gasteiger charge is 2.36. The number of likely N-dealkylation sites (tertiary alicyclic amines) is 1. The number of piperidine rings is 1. The minimum atomic E-state index is -0.723. The van der Waals surface area contributed by atoms with Crippen molar-refractivity contribution in [1.82, 2.24) is 10.2 Å². The minimum absolute atomic E-state index is 0.420. The molecule has 0 amide bonds. The van der Waals surface area contributed by atoms with Crippen LogP contribution in [0, 0.1) is 5.92 Å². The summed E-state index contributed by atoms with van der Waals surface area (Å²) in [5.74, 6) is -0.440. The van der Waals surface area contributed by atoms with Crippen LogP contribution < -0.4 is 5.32 Å². The standard InChI is InChI=1S/C16H22N2O2/c19-16(20)14(12-5-2-1-3-6-12)10-18-9-13-7-4-8-17-15(13)11-18/h1-3,5-6,13-15,17H,4,7-11H2,(H,19,20)/t13-,14?,15+/m0/s1.